The van der Waals surface area contributed by atoms with Crippen molar-refractivity contribution in [3.8, 4) is 0 Å². The molecule has 5 heteroatoms. The summed E-state index contributed by atoms with van der Waals surface area (Å²) in [6.45, 7) is 9.34. The van der Waals surface area contributed by atoms with Gasteiger partial charge in [0.05, 0.1) is 6.10 Å². The number of likely N-dealkylation sites (N-methyl/N-ethyl adjacent to an activating group) is 1. The lowest BCUT2D eigenvalue weighted by atomic mass is 9.99. The summed E-state index contributed by atoms with van der Waals surface area (Å²) in [6.07, 6.45) is 6.49. The molecule has 0 aromatic carbocycles. The largest absolute Gasteiger partial charge is 0.377 e. The molecule has 20 heavy (non-hydrogen) atoms. The Morgan fingerprint density at radius 3 is 2.95 bits per heavy atom. The van der Waals surface area contributed by atoms with Gasteiger partial charge in [-0.1, -0.05) is 20.8 Å². The van der Waals surface area contributed by atoms with Crippen LogP contribution in [0.4, 0.5) is 0 Å². The quantitative estimate of drug-likeness (QED) is 0.830. The van der Waals surface area contributed by atoms with Crippen molar-refractivity contribution in [2.75, 3.05) is 13.2 Å². The van der Waals surface area contributed by atoms with E-state index in [1.807, 2.05) is 4.68 Å². The summed E-state index contributed by atoms with van der Waals surface area (Å²) < 4.78 is 7.98. The molecular formula is C15H28N4O. The van der Waals surface area contributed by atoms with Crippen LogP contribution < -0.4 is 5.32 Å². The summed E-state index contributed by atoms with van der Waals surface area (Å²) in [5.41, 5.74) is 0. The van der Waals surface area contributed by atoms with Crippen LogP contribution in [0, 0.1) is 5.92 Å². The minimum Gasteiger partial charge on any atom is -0.377 e. The maximum Gasteiger partial charge on any atom is 0.138 e. The van der Waals surface area contributed by atoms with Crippen molar-refractivity contribution in [2.24, 2.45) is 5.92 Å². The standard InChI is InChI=1S/C15H28N4O/c1-4-16-13(14-7-5-6-8-20-14)9-15-17-11-18-19(15)10-12(2)3/h11-14,16H,4-10H2,1-3H3. The fourth-order valence-corrected chi connectivity index (χ4v) is 2.82. The first-order valence-corrected chi connectivity index (χ1v) is 7.92. The van der Waals surface area contributed by atoms with Gasteiger partial charge in [-0.05, 0) is 31.7 Å². The number of nitrogens with one attached hydrogen (secondary N) is 1. The van der Waals surface area contributed by atoms with Gasteiger partial charge in [0.2, 0.25) is 0 Å². The number of hydrogen-bond acceptors (Lipinski definition) is 4. The molecule has 0 bridgehead atoms. The Hall–Kier alpha value is -0.940. The first kappa shape index (κ1) is 15.4. The Kier molecular flexibility index (Phi) is 5.98. The zero-order chi connectivity index (χ0) is 14.4. The van der Waals surface area contributed by atoms with Crippen LogP contribution >= 0.6 is 0 Å². The number of hydrogen-bond donors (Lipinski definition) is 1. The van der Waals surface area contributed by atoms with Crippen molar-refractivity contribution >= 4 is 0 Å². The lowest BCUT2D eigenvalue weighted by molar-refractivity contribution is -0.00769. The maximum atomic E-state index is 5.94. The second kappa shape index (κ2) is 7.74. The van der Waals surface area contributed by atoms with Gasteiger partial charge in [-0.3, -0.25) is 0 Å². The van der Waals surface area contributed by atoms with Gasteiger partial charge in [0.25, 0.3) is 0 Å². The molecule has 1 N–H and O–H groups in total. The number of ether oxygens (including phenoxy) is 1. The Labute approximate surface area is 122 Å². The fourth-order valence-electron chi connectivity index (χ4n) is 2.82. The molecule has 0 saturated carbocycles. The number of nitrogens with zero attached hydrogens (tertiary/aromatic N) is 3. The van der Waals surface area contributed by atoms with Crippen LogP contribution in [0.1, 0.15) is 45.9 Å². The summed E-state index contributed by atoms with van der Waals surface area (Å²) >= 11 is 0. The molecule has 5 nitrogen and oxygen atoms in total. The average molecular weight is 280 g/mol. The lowest BCUT2D eigenvalue weighted by Gasteiger charge is -2.31. The Morgan fingerprint density at radius 2 is 2.30 bits per heavy atom. The van der Waals surface area contributed by atoms with Crippen LogP contribution in [0.3, 0.4) is 0 Å². The predicted octanol–water partition coefficient (Wildman–Crippen LogP) is 2.02. The van der Waals surface area contributed by atoms with E-state index in [2.05, 4.69) is 36.2 Å². The molecule has 1 aromatic rings. The van der Waals surface area contributed by atoms with Crippen LogP contribution in [0.5, 0.6) is 0 Å². The first-order valence-electron chi connectivity index (χ1n) is 7.92. The Morgan fingerprint density at radius 1 is 1.45 bits per heavy atom. The van der Waals surface area contributed by atoms with Gasteiger partial charge >= 0.3 is 0 Å². The zero-order valence-corrected chi connectivity index (χ0v) is 13.0. The third-order valence-corrected chi connectivity index (χ3v) is 3.77. The van der Waals surface area contributed by atoms with Crippen molar-refractivity contribution < 1.29 is 4.74 Å². The zero-order valence-electron chi connectivity index (χ0n) is 13.0. The molecule has 0 spiro atoms. The summed E-state index contributed by atoms with van der Waals surface area (Å²) in [5, 5.41) is 7.92. The molecule has 1 aliphatic heterocycles. The molecule has 1 aliphatic rings. The minimum atomic E-state index is 0.313. The van der Waals surface area contributed by atoms with E-state index in [9.17, 15) is 0 Å². The SMILES string of the molecule is CCNC(Cc1ncnn1CC(C)C)C1CCCCO1. The van der Waals surface area contributed by atoms with E-state index in [-0.39, 0.29) is 0 Å². The normalized spacial score (nSPS) is 21.3. The van der Waals surface area contributed by atoms with Gasteiger partial charge in [0.15, 0.2) is 0 Å². The van der Waals surface area contributed by atoms with Crippen LogP contribution in [0.15, 0.2) is 6.33 Å². The van der Waals surface area contributed by atoms with E-state index < -0.39 is 0 Å². The van der Waals surface area contributed by atoms with Gasteiger partial charge in [0, 0.05) is 25.6 Å². The molecular weight excluding hydrogens is 252 g/mol. The van der Waals surface area contributed by atoms with Crippen molar-refractivity contribution in [1.82, 2.24) is 20.1 Å². The van der Waals surface area contributed by atoms with Crippen molar-refractivity contribution in [3.05, 3.63) is 12.2 Å². The number of aromatic nitrogens is 3. The van der Waals surface area contributed by atoms with Crippen LogP contribution in [0.2, 0.25) is 0 Å². The third-order valence-electron chi connectivity index (χ3n) is 3.77. The summed E-state index contributed by atoms with van der Waals surface area (Å²) in [4.78, 5) is 4.44. The minimum absolute atomic E-state index is 0.313. The van der Waals surface area contributed by atoms with E-state index in [0.29, 0.717) is 18.1 Å². The average Bonchev–Trinajstić information content (AvgIpc) is 2.86. The fraction of sp³-hybridized carbons (Fsp3) is 0.867. The highest BCUT2D eigenvalue weighted by Crippen LogP contribution is 2.18. The highest BCUT2D eigenvalue weighted by molar-refractivity contribution is 4.93. The molecule has 1 saturated heterocycles. The highest BCUT2D eigenvalue weighted by atomic mass is 16.5. The molecule has 1 fully saturated rings. The smallest absolute Gasteiger partial charge is 0.138 e. The molecule has 0 radical (unpaired) electrons. The topological polar surface area (TPSA) is 52.0 Å². The summed E-state index contributed by atoms with van der Waals surface area (Å²) in [6, 6.07) is 0.343. The van der Waals surface area contributed by atoms with Gasteiger partial charge in [-0.15, -0.1) is 0 Å². The third kappa shape index (κ3) is 4.28. The molecule has 2 unspecified atom stereocenters. The van der Waals surface area contributed by atoms with E-state index in [4.69, 9.17) is 4.74 Å². The summed E-state index contributed by atoms with van der Waals surface area (Å²) in [7, 11) is 0. The molecule has 0 amide bonds. The van der Waals surface area contributed by atoms with E-state index in [1.54, 1.807) is 6.33 Å². The highest BCUT2D eigenvalue weighted by Gasteiger charge is 2.25. The molecule has 2 rings (SSSR count). The maximum absolute atomic E-state index is 5.94. The summed E-state index contributed by atoms with van der Waals surface area (Å²) in [5.74, 6) is 1.65. The van der Waals surface area contributed by atoms with Gasteiger partial charge in [-0.25, -0.2) is 9.67 Å². The number of rotatable bonds is 7. The van der Waals surface area contributed by atoms with Crippen LogP contribution in [-0.4, -0.2) is 40.1 Å². The Balaban J connectivity index is 2.01. The second-order valence-corrected chi connectivity index (χ2v) is 6.03. The van der Waals surface area contributed by atoms with Crippen molar-refractivity contribution in [1.29, 1.82) is 0 Å². The monoisotopic (exact) mass is 280 g/mol. The van der Waals surface area contributed by atoms with Crippen molar-refractivity contribution in [3.63, 3.8) is 0 Å². The van der Waals surface area contributed by atoms with Gasteiger partial charge in [-0.2, -0.15) is 5.10 Å². The van der Waals surface area contributed by atoms with Gasteiger partial charge in [0.1, 0.15) is 12.2 Å². The van der Waals surface area contributed by atoms with Crippen LogP contribution in [0.25, 0.3) is 0 Å². The van der Waals surface area contributed by atoms with Crippen LogP contribution in [-0.2, 0) is 17.7 Å². The molecule has 0 aliphatic carbocycles. The van der Waals surface area contributed by atoms with E-state index in [1.165, 1.54) is 12.8 Å². The molecule has 114 valence electrons. The lowest BCUT2D eigenvalue weighted by Crippen LogP contribution is -2.45. The van der Waals surface area contributed by atoms with E-state index in [0.717, 1.165) is 38.4 Å². The molecule has 2 atom stereocenters. The van der Waals surface area contributed by atoms with Crippen molar-refractivity contribution in [2.45, 2.75) is 65.1 Å². The predicted molar refractivity (Wildman–Crippen MR) is 79.6 cm³/mol. The van der Waals surface area contributed by atoms with E-state index >= 15 is 0 Å². The first-order chi connectivity index (χ1) is 9.70. The second-order valence-electron chi connectivity index (χ2n) is 6.03. The Bertz CT molecular complexity index is 385. The van der Waals surface area contributed by atoms with Gasteiger partial charge < -0.3 is 10.1 Å². The molecule has 1 aromatic heterocycles. The molecule has 2 heterocycles.